The third-order valence-corrected chi connectivity index (χ3v) is 3.92. The zero-order valence-corrected chi connectivity index (χ0v) is 11.1. The summed E-state index contributed by atoms with van der Waals surface area (Å²) in [6, 6.07) is 1.92. The van der Waals surface area contributed by atoms with Crippen molar-refractivity contribution in [1.82, 2.24) is 9.97 Å². The summed E-state index contributed by atoms with van der Waals surface area (Å²) in [5.41, 5.74) is 2.61. The summed E-state index contributed by atoms with van der Waals surface area (Å²) in [6.45, 7) is 6.38. The Labute approximate surface area is 106 Å². The Hall–Kier alpha value is -1.01. The van der Waals surface area contributed by atoms with E-state index in [9.17, 15) is 0 Å². The Bertz CT molecular complexity index is 362. The van der Waals surface area contributed by atoms with Crippen molar-refractivity contribution in [2.45, 2.75) is 25.5 Å². The molecule has 1 aromatic rings. The molecule has 1 fully saturated rings. The number of nitrogens with one attached hydrogen (secondary N) is 1. The van der Waals surface area contributed by atoms with Crippen LogP contribution < -0.4 is 16.2 Å². The Kier molecular flexibility index (Phi) is 4.06. The zero-order chi connectivity index (χ0) is 12.3. The van der Waals surface area contributed by atoms with Crippen LogP contribution in [0.25, 0.3) is 0 Å². The van der Waals surface area contributed by atoms with E-state index in [0.29, 0.717) is 11.1 Å². The highest BCUT2D eigenvalue weighted by atomic mass is 32.2. The maximum Gasteiger partial charge on any atom is 0.145 e. The molecule has 3 N–H and O–H groups in total. The van der Waals surface area contributed by atoms with Crippen LogP contribution in [0.2, 0.25) is 0 Å². The minimum absolute atomic E-state index is 0.651. The van der Waals surface area contributed by atoms with Gasteiger partial charge in [-0.2, -0.15) is 11.8 Å². The molecule has 1 saturated heterocycles. The van der Waals surface area contributed by atoms with Crippen LogP contribution in [0.5, 0.6) is 0 Å². The third-order valence-electron chi connectivity index (χ3n) is 2.79. The molecule has 6 heteroatoms. The molecule has 0 aromatic carbocycles. The van der Waals surface area contributed by atoms with E-state index in [1.165, 1.54) is 0 Å². The maximum absolute atomic E-state index is 5.44. The van der Waals surface area contributed by atoms with Gasteiger partial charge in [-0.25, -0.2) is 15.8 Å². The van der Waals surface area contributed by atoms with Gasteiger partial charge in [0.2, 0.25) is 0 Å². The Morgan fingerprint density at radius 1 is 1.59 bits per heavy atom. The Balaban J connectivity index is 2.23. The Morgan fingerprint density at radius 2 is 2.41 bits per heavy atom. The second kappa shape index (κ2) is 5.55. The molecule has 1 atom stereocenters. The zero-order valence-electron chi connectivity index (χ0n) is 10.3. The summed E-state index contributed by atoms with van der Waals surface area (Å²) < 4.78 is 0. The van der Waals surface area contributed by atoms with Crippen molar-refractivity contribution in [3.63, 3.8) is 0 Å². The number of anilines is 2. The molecule has 1 aliphatic heterocycles. The molecule has 1 aliphatic rings. The van der Waals surface area contributed by atoms with E-state index in [2.05, 4.69) is 27.2 Å². The maximum atomic E-state index is 5.44. The summed E-state index contributed by atoms with van der Waals surface area (Å²) in [7, 11) is 0. The lowest BCUT2D eigenvalue weighted by molar-refractivity contribution is 0.761. The van der Waals surface area contributed by atoms with Gasteiger partial charge in [-0.05, 0) is 0 Å². The van der Waals surface area contributed by atoms with Crippen molar-refractivity contribution < 1.29 is 0 Å². The fourth-order valence-electron chi connectivity index (χ4n) is 1.90. The number of aryl methyl sites for hydroxylation is 1. The highest BCUT2D eigenvalue weighted by molar-refractivity contribution is 8.00. The van der Waals surface area contributed by atoms with E-state index < -0.39 is 0 Å². The number of rotatable bonds is 3. The number of nitrogens with zero attached hydrogens (tertiary/aromatic N) is 3. The SMILES string of the molecule is CCc1nc(NN)cc(N2CCSC(C)C2)n1. The van der Waals surface area contributed by atoms with E-state index in [0.717, 1.165) is 36.9 Å². The van der Waals surface area contributed by atoms with Crippen LogP contribution in [0, 0.1) is 0 Å². The van der Waals surface area contributed by atoms with Crippen LogP contribution in [0.1, 0.15) is 19.7 Å². The number of hydrogen-bond acceptors (Lipinski definition) is 6. The monoisotopic (exact) mass is 253 g/mol. The van der Waals surface area contributed by atoms with Crippen LogP contribution in [0.15, 0.2) is 6.07 Å². The van der Waals surface area contributed by atoms with E-state index in [4.69, 9.17) is 5.84 Å². The molecule has 17 heavy (non-hydrogen) atoms. The van der Waals surface area contributed by atoms with Gasteiger partial charge in [0.1, 0.15) is 17.5 Å². The van der Waals surface area contributed by atoms with Crippen molar-refractivity contribution in [2.75, 3.05) is 29.2 Å². The fourth-order valence-corrected chi connectivity index (χ4v) is 2.92. The van der Waals surface area contributed by atoms with E-state index in [-0.39, 0.29) is 0 Å². The van der Waals surface area contributed by atoms with Crippen molar-refractivity contribution in [2.24, 2.45) is 5.84 Å². The Morgan fingerprint density at radius 3 is 3.06 bits per heavy atom. The molecule has 94 valence electrons. The summed E-state index contributed by atoms with van der Waals surface area (Å²) in [6.07, 6.45) is 0.820. The smallest absolute Gasteiger partial charge is 0.145 e. The van der Waals surface area contributed by atoms with Crippen LogP contribution in [-0.4, -0.2) is 34.1 Å². The number of aromatic nitrogens is 2. The van der Waals surface area contributed by atoms with Gasteiger partial charge in [0.05, 0.1) is 0 Å². The largest absolute Gasteiger partial charge is 0.355 e. The van der Waals surface area contributed by atoms with E-state index in [1.54, 1.807) is 0 Å². The van der Waals surface area contributed by atoms with Gasteiger partial charge in [0, 0.05) is 36.6 Å². The molecular formula is C11H19N5S. The van der Waals surface area contributed by atoms with Crippen molar-refractivity contribution in [3.05, 3.63) is 11.9 Å². The second-order valence-corrected chi connectivity index (χ2v) is 5.70. The summed E-state index contributed by atoms with van der Waals surface area (Å²) >= 11 is 2.01. The summed E-state index contributed by atoms with van der Waals surface area (Å²) in [5, 5.41) is 0.651. The fraction of sp³-hybridized carbons (Fsp3) is 0.636. The molecule has 1 unspecified atom stereocenters. The molecule has 1 aromatic heterocycles. The predicted octanol–water partition coefficient (Wildman–Crippen LogP) is 1.27. The van der Waals surface area contributed by atoms with Gasteiger partial charge < -0.3 is 10.3 Å². The minimum atomic E-state index is 0.651. The van der Waals surface area contributed by atoms with Crippen molar-refractivity contribution >= 4 is 23.4 Å². The molecule has 0 spiro atoms. The second-order valence-electron chi connectivity index (χ2n) is 4.15. The van der Waals surface area contributed by atoms with Crippen LogP contribution in [0.3, 0.4) is 0 Å². The lowest BCUT2D eigenvalue weighted by atomic mass is 10.3. The number of nitrogen functional groups attached to an aromatic ring is 1. The average molecular weight is 253 g/mol. The standard InChI is InChI=1S/C11H19N5S/c1-3-9-13-10(15-12)6-11(14-9)16-4-5-17-8(2)7-16/h6,8H,3-5,7,12H2,1-2H3,(H,13,14,15). The normalized spacial score (nSPS) is 20.4. The highest BCUT2D eigenvalue weighted by Gasteiger charge is 2.18. The molecule has 0 saturated carbocycles. The van der Waals surface area contributed by atoms with Crippen molar-refractivity contribution in [1.29, 1.82) is 0 Å². The quantitative estimate of drug-likeness (QED) is 0.624. The van der Waals surface area contributed by atoms with Gasteiger partial charge >= 0.3 is 0 Å². The minimum Gasteiger partial charge on any atom is -0.355 e. The highest BCUT2D eigenvalue weighted by Crippen LogP contribution is 2.23. The molecule has 5 nitrogen and oxygen atoms in total. The lowest BCUT2D eigenvalue weighted by Gasteiger charge is -2.31. The summed E-state index contributed by atoms with van der Waals surface area (Å²) in [5.74, 6) is 9.10. The van der Waals surface area contributed by atoms with Gasteiger partial charge in [-0.15, -0.1) is 0 Å². The molecule has 2 rings (SSSR count). The van der Waals surface area contributed by atoms with E-state index >= 15 is 0 Å². The lowest BCUT2D eigenvalue weighted by Crippen LogP contribution is -2.37. The first-order chi connectivity index (χ1) is 8.22. The van der Waals surface area contributed by atoms with Gasteiger partial charge in [0.25, 0.3) is 0 Å². The van der Waals surface area contributed by atoms with Crippen molar-refractivity contribution in [3.8, 4) is 0 Å². The molecule has 0 aliphatic carbocycles. The predicted molar refractivity (Wildman–Crippen MR) is 73.4 cm³/mol. The van der Waals surface area contributed by atoms with Crippen LogP contribution in [0.4, 0.5) is 11.6 Å². The first kappa shape index (κ1) is 12.4. The van der Waals surface area contributed by atoms with Crippen LogP contribution in [-0.2, 0) is 6.42 Å². The molecular weight excluding hydrogens is 234 g/mol. The van der Waals surface area contributed by atoms with Crippen LogP contribution >= 0.6 is 11.8 Å². The van der Waals surface area contributed by atoms with Gasteiger partial charge in [-0.1, -0.05) is 13.8 Å². The first-order valence-corrected chi connectivity index (χ1v) is 6.99. The number of nitrogens with two attached hydrogens (primary N) is 1. The molecule has 0 bridgehead atoms. The topological polar surface area (TPSA) is 67.1 Å². The molecule has 2 heterocycles. The number of hydrogen-bond donors (Lipinski definition) is 2. The summed E-state index contributed by atoms with van der Waals surface area (Å²) in [4.78, 5) is 11.2. The number of thioether (sulfide) groups is 1. The molecule has 0 amide bonds. The van der Waals surface area contributed by atoms with E-state index in [1.807, 2.05) is 24.8 Å². The number of hydrazine groups is 1. The third kappa shape index (κ3) is 3.01. The first-order valence-electron chi connectivity index (χ1n) is 5.94. The van der Waals surface area contributed by atoms with Gasteiger partial charge in [0.15, 0.2) is 0 Å². The molecule has 0 radical (unpaired) electrons. The average Bonchev–Trinajstić information content (AvgIpc) is 2.38. The van der Waals surface area contributed by atoms with Gasteiger partial charge in [-0.3, -0.25) is 0 Å².